The minimum absolute atomic E-state index is 0.0801. The number of piperidine rings is 1. The Morgan fingerprint density at radius 3 is 2.87 bits per heavy atom. The van der Waals surface area contributed by atoms with Gasteiger partial charge in [0, 0.05) is 44.9 Å². The van der Waals surface area contributed by atoms with E-state index in [-0.39, 0.29) is 24.1 Å². The van der Waals surface area contributed by atoms with Gasteiger partial charge < -0.3 is 25.8 Å². The number of primary amides is 1. The van der Waals surface area contributed by atoms with E-state index in [1.165, 1.54) is 6.33 Å². The van der Waals surface area contributed by atoms with Crippen molar-refractivity contribution in [2.75, 3.05) is 50.6 Å². The summed E-state index contributed by atoms with van der Waals surface area (Å²) >= 11 is 0. The van der Waals surface area contributed by atoms with Crippen LogP contribution in [0.3, 0.4) is 0 Å². The second-order valence-electron chi connectivity index (χ2n) is 7.62. The van der Waals surface area contributed by atoms with Crippen molar-refractivity contribution < 1.29 is 19.0 Å². The van der Waals surface area contributed by atoms with Crippen molar-refractivity contribution >= 4 is 17.5 Å². The summed E-state index contributed by atoms with van der Waals surface area (Å²) < 4.78 is 20.1. The molecule has 0 aromatic carbocycles. The summed E-state index contributed by atoms with van der Waals surface area (Å²) in [6.45, 7) is 1.87. The number of aromatic nitrogens is 3. The number of nitrogens with one attached hydrogen (secondary N) is 1. The fourth-order valence-electron chi connectivity index (χ4n) is 3.60. The number of pyridine rings is 1. The molecule has 2 aromatic rings. The van der Waals surface area contributed by atoms with Crippen LogP contribution in [0.5, 0.6) is 5.88 Å². The van der Waals surface area contributed by atoms with E-state index < -0.39 is 17.8 Å². The van der Waals surface area contributed by atoms with Crippen molar-refractivity contribution in [3.63, 3.8) is 0 Å². The van der Waals surface area contributed by atoms with Gasteiger partial charge in [0.15, 0.2) is 11.6 Å². The Morgan fingerprint density at radius 1 is 1.42 bits per heavy atom. The molecule has 1 amide bonds. The van der Waals surface area contributed by atoms with Gasteiger partial charge in [-0.05, 0) is 18.5 Å². The number of nitrogens with two attached hydrogens (primary N) is 1. The number of aliphatic hydroxyl groups is 1. The molecule has 1 aliphatic heterocycles. The van der Waals surface area contributed by atoms with E-state index in [9.17, 15) is 9.90 Å². The number of rotatable bonds is 9. The highest BCUT2D eigenvalue weighted by Crippen LogP contribution is 2.24. The van der Waals surface area contributed by atoms with Crippen LogP contribution in [0.1, 0.15) is 12.0 Å². The predicted molar refractivity (Wildman–Crippen MR) is 113 cm³/mol. The highest BCUT2D eigenvalue weighted by Gasteiger charge is 2.28. The predicted octanol–water partition coefficient (Wildman–Crippen LogP) is 0.236. The molecule has 0 aliphatic carbocycles. The highest BCUT2D eigenvalue weighted by atomic mass is 19.1. The maximum Gasteiger partial charge on any atom is 0.231 e. The third-order valence-electron chi connectivity index (χ3n) is 5.28. The third-order valence-corrected chi connectivity index (χ3v) is 5.28. The van der Waals surface area contributed by atoms with Gasteiger partial charge in [-0.2, -0.15) is 4.39 Å². The van der Waals surface area contributed by atoms with Crippen molar-refractivity contribution in [2.24, 2.45) is 11.7 Å². The number of aliphatic hydroxyl groups excluding tert-OH is 1. The Balaban J connectivity index is 1.59. The number of halogens is 1. The molecule has 168 valence electrons. The SMILES string of the molecule is COc1ccc(CN(C)c2ncnc(NC[C@@H]3CCN(CC(N)=O)C[C@H]3O)c2F)cn1. The number of carbonyl (C=O) groups is 1. The normalized spacial score (nSPS) is 19.1. The summed E-state index contributed by atoms with van der Waals surface area (Å²) in [5, 5.41) is 13.4. The van der Waals surface area contributed by atoms with Gasteiger partial charge in [0.1, 0.15) is 6.33 Å². The van der Waals surface area contributed by atoms with Crippen LogP contribution in [0, 0.1) is 11.7 Å². The van der Waals surface area contributed by atoms with Crippen molar-refractivity contribution in [3.05, 3.63) is 36.0 Å². The molecular weight excluding hydrogens is 405 g/mol. The fraction of sp³-hybridized carbons (Fsp3) is 0.500. The van der Waals surface area contributed by atoms with E-state index in [1.807, 2.05) is 11.0 Å². The van der Waals surface area contributed by atoms with Crippen molar-refractivity contribution in [3.8, 4) is 5.88 Å². The van der Waals surface area contributed by atoms with E-state index in [2.05, 4.69) is 20.3 Å². The zero-order valence-corrected chi connectivity index (χ0v) is 17.7. The molecule has 4 N–H and O–H groups in total. The molecule has 1 fully saturated rings. The molecular formula is C20H28FN7O3. The summed E-state index contributed by atoms with van der Waals surface area (Å²) in [5.41, 5.74) is 6.09. The standard InChI is InChI=1S/C20H28FN7O3/c1-27(9-13-3-4-17(31-2)23-7-13)20-18(21)19(25-12-26-20)24-8-14-5-6-28(10-15(14)29)11-16(22)30/h3-4,7,12,14-15,29H,5-6,8-11H2,1-2H3,(H2,22,30)(H,24,25,26)/t14-,15+/m0/s1. The molecule has 1 aliphatic rings. The first-order valence-corrected chi connectivity index (χ1v) is 10.0. The lowest BCUT2D eigenvalue weighted by Gasteiger charge is -2.35. The van der Waals surface area contributed by atoms with E-state index in [1.54, 1.807) is 31.3 Å². The largest absolute Gasteiger partial charge is 0.481 e. The Hall–Kier alpha value is -3.05. The van der Waals surface area contributed by atoms with E-state index >= 15 is 4.39 Å². The van der Waals surface area contributed by atoms with Crippen molar-refractivity contribution in [2.45, 2.75) is 19.1 Å². The number of amides is 1. The number of nitrogens with zero attached hydrogens (tertiary/aromatic N) is 5. The lowest BCUT2D eigenvalue weighted by molar-refractivity contribution is -0.120. The van der Waals surface area contributed by atoms with Gasteiger partial charge in [-0.25, -0.2) is 15.0 Å². The molecule has 10 nitrogen and oxygen atoms in total. The number of anilines is 2. The van der Waals surface area contributed by atoms with Crippen LogP contribution >= 0.6 is 0 Å². The molecule has 31 heavy (non-hydrogen) atoms. The molecule has 0 radical (unpaired) electrons. The molecule has 0 spiro atoms. The molecule has 0 unspecified atom stereocenters. The summed E-state index contributed by atoms with van der Waals surface area (Å²) in [4.78, 5) is 26.8. The Kier molecular flexibility index (Phi) is 7.53. The lowest BCUT2D eigenvalue weighted by atomic mass is 9.94. The van der Waals surface area contributed by atoms with Gasteiger partial charge >= 0.3 is 0 Å². The van der Waals surface area contributed by atoms with E-state index in [0.717, 1.165) is 5.56 Å². The van der Waals surface area contributed by atoms with Gasteiger partial charge in [0.05, 0.1) is 19.8 Å². The highest BCUT2D eigenvalue weighted by molar-refractivity contribution is 5.75. The number of hydrogen-bond donors (Lipinski definition) is 3. The van der Waals surface area contributed by atoms with Gasteiger partial charge in [0.2, 0.25) is 17.6 Å². The maximum atomic E-state index is 15.0. The molecule has 0 saturated carbocycles. The summed E-state index contributed by atoms with van der Waals surface area (Å²) in [6, 6.07) is 3.60. The first-order chi connectivity index (χ1) is 14.9. The number of carbonyl (C=O) groups excluding carboxylic acids is 1. The maximum absolute atomic E-state index is 15.0. The minimum atomic E-state index is -0.643. The summed E-state index contributed by atoms with van der Waals surface area (Å²) in [7, 11) is 3.28. The quantitative estimate of drug-likeness (QED) is 0.509. The average Bonchev–Trinajstić information content (AvgIpc) is 2.74. The molecule has 0 bridgehead atoms. The number of ether oxygens (including phenoxy) is 1. The Bertz CT molecular complexity index is 884. The molecule has 2 atom stereocenters. The average molecular weight is 433 g/mol. The lowest BCUT2D eigenvalue weighted by Crippen LogP contribution is -2.48. The number of likely N-dealkylation sites (tertiary alicyclic amines) is 1. The van der Waals surface area contributed by atoms with Crippen LogP contribution in [0.15, 0.2) is 24.7 Å². The second-order valence-corrected chi connectivity index (χ2v) is 7.62. The van der Waals surface area contributed by atoms with Crippen molar-refractivity contribution in [1.29, 1.82) is 0 Å². The van der Waals surface area contributed by atoms with Crippen LogP contribution in [-0.4, -0.2) is 77.3 Å². The molecule has 3 rings (SSSR count). The number of hydrogen-bond acceptors (Lipinski definition) is 9. The Labute approximate surface area is 180 Å². The first-order valence-electron chi connectivity index (χ1n) is 10.0. The van der Waals surface area contributed by atoms with Crippen LogP contribution in [-0.2, 0) is 11.3 Å². The smallest absolute Gasteiger partial charge is 0.231 e. The van der Waals surface area contributed by atoms with Gasteiger partial charge in [-0.3, -0.25) is 9.69 Å². The first kappa shape index (κ1) is 22.6. The topological polar surface area (TPSA) is 130 Å². The fourth-order valence-corrected chi connectivity index (χ4v) is 3.60. The van der Waals surface area contributed by atoms with Crippen LogP contribution < -0.4 is 20.7 Å². The Morgan fingerprint density at radius 2 is 2.23 bits per heavy atom. The molecule has 11 heteroatoms. The summed E-state index contributed by atoms with van der Waals surface area (Å²) in [5.74, 6) is -0.332. The third kappa shape index (κ3) is 5.98. The van der Waals surface area contributed by atoms with E-state index in [0.29, 0.717) is 38.5 Å². The van der Waals surface area contributed by atoms with Crippen LogP contribution in [0.2, 0.25) is 0 Å². The second kappa shape index (κ2) is 10.3. The van der Waals surface area contributed by atoms with Gasteiger partial charge in [-0.15, -0.1) is 0 Å². The van der Waals surface area contributed by atoms with Crippen LogP contribution in [0.4, 0.5) is 16.0 Å². The summed E-state index contributed by atoms with van der Waals surface area (Å²) in [6.07, 6.45) is 2.98. The van der Waals surface area contributed by atoms with Gasteiger partial charge in [0.25, 0.3) is 0 Å². The molecule has 1 saturated heterocycles. The monoisotopic (exact) mass is 433 g/mol. The number of β-amino-alcohol motifs (C(OH)–C–C–N with tert-alkyl or cyclic N) is 1. The zero-order valence-electron chi connectivity index (χ0n) is 17.7. The van der Waals surface area contributed by atoms with Crippen molar-refractivity contribution in [1.82, 2.24) is 19.9 Å². The number of methoxy groups -OCH3 is 1. The molecule has 3 heterocycles. The van der Waals surface area contributed by atoms with E-state index in [4.69, 9.17) is 10.5 Å². The zero-order chi connectivity index (χ0) is 22.4. The molecule has 2 aromatic heterocycles. The van der Waals surface area contributed by atoms with Crippen LogP contribution in [0.25, 0.3) is 0 Å². The minimum Gasteiger partial charge on any atom is -0.481 e. The van der Waals surface area contributed by atoms with Gasteiger partial charge in [-0.1, -0.05) is 6.07 Å².